The number of nitrogens with one attached hydrogen (secondary N) is 1. The number of benzene rings is 1. The summed E-state index contributed by atoms with van der Waals surface area (Å²) in [6.07, 6.45) is 5.59. The van der Waals surface area contributed by atoms with Crippen molar-refractivity contribution >= 4 is 29.0 Å². The fourth-order valence-corrected chi connectivity index (χ4v) is 3.64. The van der Waals surface area contributed by atoms with Crippen LogP contribution in [0.2, 0.25) is 0 Å². The molecule has 1 atom stereocenters. The number of pyridine rings is 1. The highest BCUT2D eigenvalue weighted by Crippen LogP contribution is 2.42. The maximum Gasteiger partial charge on any atom is 0.123 e. The Morgan fingerprint density at radius 3 is 2.54 bits per heavy atom. The maximum absolute atomic E-state index is 13.3. The molecule has 3 nitrogen and oxygen atoms in total. The molecule has 4 rings (SSSR count). The zero-order valence-corrected chi connectivity index (χ0v) is 16.2. The van der Waals surface area contributed by atoms with E-state index in [1.165, 1.54) is 41.6 Å². The Bertz CT molecular complexity index is 900. The first-order chi connectivity index (χ1) is 12.0. The minimum Gasteiger partial charge on any atom is -0.366 e. The molecule has 1 unspecified atom stereocenters. The number of anilines is 1. The van der Waals surface area contributed by atoms with Crippen molar-refractivity contribution in [2.45, 2.75) is 39.2 Å². The van der Waals surface area contributed by atoms with Crippen LogP contribution < -0.4 is 4.90 Å². The molecule has 1 fully saturated rings. The third-order valence-electron chi connectivity index (χ3n) is 5.53. The largest absolute Gasteiger partial charge is 0.366 e. The molecule has 3 aromatic rings. The second-order valence-corrected chi connectivity index (χ2v) is 7.28. The lowest BCUT2D eigenvalue weighted by molar-refractivity contribution is 0.557. The predicted molar refractivity (Wildman–Crippen MR) is 108 cm³/mol. The molecule has 26 heavy (non-hydrogen) atoms. The fraction of sp³-hybridized carbons (Fsp3) is 0.381. The summed E-state index contributed by atoms with van der Waals surface area (Å²) in [5, 5.41) is 1.25. The molecule has 1 aromatic carbocycles. The van der Waals surface area contributed by atoms with Gasteiger partial charge < -0.3 is 9.88 Å². The van der Waals surface area contributed by atoms with Crippen LogP contribution >= 0.6 is 12.4 Å². The van der Waals surface area contributed by atoms with Gasteiger partial charge in [-0.15, -0.1) is 12.4 Å². The van der Waals surface area contributed by atoms with E-state index in [9.17, 15) is 4.39 Å². The highest BCUT2D eigenvalue weighted by atomic mass is 35.5. The number of hydrogen-bond donors (Lipinski definition) is 1. The Hall–Kier alpha value is -2.07. The number of rotatable bonds is 5. The molecule has 0 spiro atoms. The molecule has 1 aliphatic carbocycles. The van der Waals surface area contributed by atoms with E-state index >= 15 is 0 Å². The molecule has 0 amide bonds. The van der Waals surface area contributed by atoms with Crippen molar-refractivity contribution < 1.29 is 4.39 Å². The second-order valence-electron chi connectivity index (χ2n) is 7.28. The van der Waals surface area contributed by atoms with E-state index < -0.39 is 0 Å². The Balaban J connectivity index is 0.00000196. The third kappa shape index (κ3) is 3.43. The molecule has 0 bridgehead atoms. The zero-order valence-electron chi connectivity index (χ0n) is 15.4. The fourth-order valence-electron chi connectivity index (χ4n) is 3.64. The van der Waals surface area contributed by atoms with Gasteiger partial charge in [0, 0.05) is 30.0 Å². The summed E-state index contributed by atoms with van der Waals surface area (Å²) in [5.74, 6) is 0.564. The van der Waals surface area contributed by atoms with Crippen LogP contribution in [0.25, 0.3) is 10.9 Å². The van der Waals surface area contributed by atoms with E-state index in [0.717, 1.165) is 29.2 Å². The quantitative estimate of drug-likeness (QED) is 0.620. The van der Waals surface area contributed by atoms with E-state index in [2.05, 4.69) is 36.8 Å². The molecule has 1 aliphatic rings. The van der Waals surface area contributed by atoms with Gasteiger partial charge in [0.25, 0.3) is 0 Å². The highest BCUT2D eigenvalue weighted by molar-refractivity contribution is 5.86. The highest BCUT2D eigenvalue weighted by Gasteiger charge is 2.31. The van der Waals surface area contributed by atoms with Crippen molar-refractivity contribution in [2.75, 3.05) is 11.9 Å². The smallest absolute Gasteiger partial charge is 0.123 e. The number of aromatic nitrogens is 2. The van der Waals surface area contributed by atoms with Crippen LogP contribution in [0.15, 0.2) is 36.5 Å². The maximum atomic E-state index is 13.3. The summed E-state index contributed by atoms with van der Waals surface area (Å²) < 4.78 is 13.3. The number of H-pyrrole nitrogens is 1. The van der Waals surface area contributed by atoms with Crippen molar-refractivity contribution in [3.05, 3.63) is 59.3 Å². The molecule has 2 heterocycles. The summed E-state index contributed by atoms with van der Waals surface area (Å²) >= 11 is 0. The molecule has 0 saturated heterocycles. The average molecular weight is 374 g/mol. The summed E-state index contributed by atoms with van der Waals surface area (Å²) in [6, 6.07) is 9.01. The van der Waals surface area contributed by atoms with Crippen LogP contribution in [-0.2, 0) is 0 Å². The van der Waals surface area contributed by atoms with Gasteiger partial charge in [-0.2, -0.15) is 0 Å². The molecule has 0 aliphatic heterocycles. The number of aryl methyl sites for hydroxylation is 2. The van der Waals surface area contributed by atoms with Crippen LogP contribution in [0.4, 0.5) is 10.1 Å². The third-order valence-corrected chi connectivity index (χ3v) is 5.53. The van der Waals surface area contributed by atoms with Gasteiger partial charge in [-0.3, -0.25) is 4.98 Å². The second kappa shape index (κ2) is 7.28. The van der Waals surface area contributed by atoms with E-state index in [4.69, 9.17) is 4.98 Å². The van der Waals surface area contributed by atoms with Crippen molar-refractivity contribution in [1.82, 2.24) is 9.97 Å². The minimum absolute atomic E-state index is 0. The monoisotopic (exact) mass is 373 g/mol. The van der Waals surface area contributed by atoms with Crippen LogP contribution in [0.1, 0.15) is 42.3 Å². The summed E-state index contributed by atoms with van der Waals surface area (Å²) in [6.45, 7) is 4.26. The summed E-state index contributed by atoms with van der Waals surface area (Å²) in [5.41, 5.74) is 5.72. The Kier molecular flexibility index (Phi) is 5.24. The lowest BCUT2D eigenvalue weighted by atomic mass is 10.0. The Morgan fingerprint density at radius 2 is 1.88 bits per heavy atom. The van der Waals surface area contributed by atoms with E-state index in [1.54, 1.807) is 0 Å². The molecule has 1 N–H and O–H groups in total. The lowest BCUT2D eigenvalue weighted by Gasteiger charge is -2.30. The molecule has 5 heteroatoms. The molecule has 138 valence electrons. The van der Waals surface area contributed by atoms with Gasteiger partial charge in [0.2, 0.25) is 0 Å². The number of halogens is 2. The van der Waals surface area contributed by atoms with Crippen LogP contribution in [0.5, 0.6) is 0 Å². The molecular weight excluding hydrogens is 349 g/mol. The first-order valence-corrected chi connectivity index (χ1v) is 8.96. The van der Waals surface area contributed by atoms with E-state index in [1.807, 2.05) is 18.3 Å². The van der Waals surface area contributed by atoms with E-state index in [0.29, 0.717) is 0 Å². The minimum atomic E-state index is -0.202. The number of nitrogens with zero attached hydrogens (tertiary/aromatic N) is 2. The number of fused-ring (bicyclic) bond motifs is 1. The van der Waals surface area contributed by atoms with Crippen LogP contribution in [0.3, 0.4) is 0 Å². The molecule has 0 radical (unpaired) electrons. The van der Waals surface area contributed by atoms with Crippen molar-refractivity contribution in [1.29, 1.82) is 0 Å². The van der Waals surface area contributed by atoms with E-state index in [-0.39, 0.29) is 24.3 Å². The average Bonchev–Trinajstić information content (AvgIpc) is 3.39. The Morgan fingerprint density at radius 1 is 1.19 bits per heavy atom. The van der Waals surface area contributed by atoms with Gasteiger partial charge in [0.1, 0.15) is 5.82 Å². The van der Waals surface area contributed by atoms with Crippen molar-refractivity contribution in [3.8, 4) is 0 Å². The van der Waals surface area contributed by atoms with Crippen LogP contribution in [0, 0.1) is 25.6 Å². The van der Waals surface area contributed by atoms with Crippen molar-refractivity contribution in [2.24, 2.45) is 5.92 Å². The summed E-state index contributed by atoms with van der Waals surface area (Å²) in [7, 11) is 2.09. The molecule has 2 aromatic heterocycles. The Labute approximate surface area is 160 Å². The first kappa shape index (κ1) is 18.7. The van der Waals surface area contributed by atoms with Gasteiger partial charge in [-0.05, 0) is 62.1 Å². The van der Waals surface area contributed by atoms with Gasteiger partial charge in [-0.1, -0.05) is 12.8 Å². The topological polar surface area (TPSA) is 31.9 Å². The summed E-state index contributed by atoms with van der Waals surface area (Å²) in [4.78, 5) is 10.5. The normalized spacial score (nSPS) is 14.9. The van der Waals surface area contributed by atoms with Crippen LogP contribution in [-0.4, -0.2) is 17.0 Å². The molecular formula is C21H25ClFN3. The van der Waals surface area contributed by atoms with Crippen molar-refractivity contribution in [3.63, 3.8) is 0 Å². The van der Waals surface area contributed by atoms with Gasteiger partial charge in [-0.25, -0.2) is 4.39 Å². The van der Waals surface area contributed by atoms with Gasteiger partial charge in [0.15, 0.2) is 0 Å². The lowest BCUT2D eigenvalue weighted by Crippen LogP contribution is -2.26. The number of hydrogen-bond acceptors (Lipinski definition) is 2. The standard InChI is InChI=1S/C21H24FN3.ClH/c1-13-14(2)24-20-18(13)10-11-23-21(20)19(12-15-4-5-15)25(3)17-8-6-16(22)7-9-17;/h6-11,15,19,24H,4-5,12H2,1-3H3;1H. The first-order valence-electron chi connectivity index (χ1n) is 8.96. The zero-order chi connectivity index (χ0) is 17.6. The van der Waals surface area contributed by atoms with Gasteiger partial charge in [0.05, 0.1) is 17.3 Å². The van der Waals surface area contributed by atoms with Gasteiger partial charge >= 0.3 is 0 Å². The SMILES string of the molecule is Cc1[nH]c2c(C(CC3CC3)N(C)c3ccc(F)cc3)nccc2c1C.Cl. The number of aromatic amines is 1. The predicted octanol–water partition coefficient (Wildman–Crippen LogP) is 5.72. The molecule has 1 saturated carbocycles.